The topological polar surface area (TPSA) is 77.1 Å². The van der Waals surface area contributed by atoms with Gasteiger partial charge >= 0.3 is 12.2 Å². The molecule has 0 unspecified atom stereocenters. The van der Waals surface area contributed by atoms with Gasteiger partial charge in [-0.2, -0.15) is 5.01 Å². The van der Waals surface area contributed by atoms with Crippen LogP contribution in [-0.2, 0) is 4.74 Å². The number of unbranched alkanes of at least 4 members (excludes halogenated alkanes) is 1. The number of carbonyl (C=O) groups excluding carboxylic acids is 2. The summed E-state index contributed by atoms with van der Waals surface area (Å²) >= 11 is 0. The summed E-state index contributed by atoms with van der Waals surface area (Å²) in [5.41, 5.74) is 2.73. The molecule has 0 aliphatic heterocycles. The van der Waals surface area contributed by atoms with E-state index in [4.69, 9.17) is 14.2 Å². The molecule has 0 heterocycles. The van der Waals surface area contributed by atoms with E-state index in [1.807, 2.05) is 6.92 Å². The molecule has 0 saturated heterocycles. The van der Waals surface area contributed by atoms with Crippen LogP contribution in [0.2, 0.25) is 0 Å². The number of carbonyl (C=O) groups is 2. The van der Waals surface area contributed by atoms with E-state index in [9.17, 15) is 9.59 Å². The lowest BCUT2D eigenvalue weighted by atomic mass is 10.3. The predicted molar refractivity (Wildman–Crippen MR) is 97.3 cm³/mol. The number of hydrazine groups is 1. The normalized spacial score (nSPS) is 9.92. The summed E-state index contributed by atoms with van der Waals surface area (Å²) in [4.78, 5) is 24.7. The van der Waals surface area contributed by atoms with Gasteiger partial charge in [0.15, 0.2) is 0 Å². The van der Waals surface area contributed by atoms with Crippen molar-refractivity contribution < 1.29 is 23.8 Å². The first-order valence-electron chi connectivity index (χ1n) is 8.29. The molecule has 7 heteroatoms. The van der Waals surface area contributed by atoms with E-state index in [-0.39, 0.29) is 6.61 Å². The van der Waals surface area contributed by atoms with Gasteiger partial charge in [-0.25, -0.2) is 15.0 Å². The Kier molecular flexibility index (Phi) is 7.30. The summed E-state index contributed by atoms with van der Waals surface area (Å²) in [5.74, 6) is 0.741. The van der Waals surface area contributed by atoms with Gasteiger partial charge < -0.3 is 14.2 Å². The third kappa shape index (κ3) is 5.41. The maximum Gasteiger partial charge on any atom is 0.439 e. The highest BCUT2D eigenvalue weighted by atomic mass is 16.6. The van der Waals surface area contributed by atoms with E-state index >= 15 is 0 Å². The number of hydrogen-bond donors (Lipinski definition) is 1. The molecular formula is C19H22N2O5. The average molecular weight is 358 g/mol. The Morgan fingerprint density at radius 3 is 2.42 bits per heavy atom. The van der Waals surface area contributed by atoms with E-state index in [1.54, 1.807) is 54.6 Å². The molecule has 2 aromatic rings. The molecular weight excluding hydrogens is 336 g/mol. The summed E-state index contributed by atoms with van der Waals surface area (Å²) in [6, 6.07) is 15.3. The lowest BCUT2D eigenvalue weighted by molar-refractivity contribution is 0.141. The van der Waals surface area contributed by atoms with Gasteiger partial charge in [0.25, 0.3) is 0 Å². The van der Waals surface area contributed by atoms with Gasteiger partial charge in [-0.1, -0.05) is 43.7 Å². The molecule has 2 aromatic carbocycles. The van der Waals surface area contributed by atoms with E-state index in [0.29, 0.717) is 17.2 Å². The van der Waals surface area contributed by atoms with Crippen LogP contribution in [0.1, 0.15) is 19.8 Å². The van der Waals surface area contributed by atoms with Crippen molar-refractivity contribution in [3.63, 3.8) is 0 Å². The molecule has 0 fully saturated rings. The number of ether oxygens (including phenoxy) is 3. The fraction of sp³-hybridized carbons (Fsp3) is 0.263. The standard InChI is InChI=1S/C19H22N2O5/c1-3-4-14-25-18(22)20-21(16-12-8-9-13-17(16)24-2)19(23)26-15-10-6-5-7-11-15/h5-13H,3-4,14H2,1-2H3,(H,20,22). The molecule has 2 amide bonds. The largest absolute Gasteiger partial charge is 0.494 e. The minimum atomic E-state index is -0.798. The van der Waals surface area contributed by atoms with Gasteiger partial charge in [0, 0.05) is 0 Å². The van der Waals surface area contributed by atoms with Crippen molar-refractivity contribution in [1.29, 1.82) is 0 Å². The van der Waals surface area contributed by atoms with Crippen molar-refractivity contribution in [3.05, 3.63) is 54.6 Å². The fourth-order valence-corrected chi connectivity index (χ4v) is 2.09. The maximum absolute atomic E-state index is 12.6. The van der Waals surface area contributed by atoms with Crippen molar-refractivity contribution in [2.75, 3.05) is 18.7 Å². The summed E-state index contributed by atoms with van der Waals surface area (Å²) in [6.45, 7) is 2.25. The number of anilines is 1. The summed E-state index contributed by atoms with van der Waals surface area (Å²) < 4.78 is 15.7. The fourth-order valence-electron chi connectivity index (χ4n) is 2.09. The molecule has 0 saturated carbocycles. The van der Waals surface area contributed by atoms with Crippen LogP contribution in [-0.4, -0.2) is 25.9 Å². The number of methoxy groups -OCH3 is 1. The van der Waals surface area contributed by atoms with Crippen LogP contribution >= 0.6 is 0 Å². The van der Waals surface area contributed by atoms with Crippen LogP contribution in [0.3, 0.4) is 0 Å². The molecule has 0 aliphatic carbocycles. The molecule has 0 bridgehead atoms. The number of nitrogens with zero attached hydrogens (tertiary/aromatic N) is 1. The van der Waals surface area contributed by atoms with Gasteiger partial charge in [-0.05, 0) is 30.7 Å². The number of hydrogen-bond acceptors (Lipinski definition) is 5. The quantitative estimate of drug-likeness (QED) is 0.620. The molecule has 0 aliphatic rings. The summed E-state index contributed by atoms with van der Waals surface area (Å²) in [6.07, 6.45) is 0.0679. The molecule has 7 nitrogen and oxygen atoms in total. The molecule has 138 valence electrons. The first kappa shape index (κ1) is 19.1. The Morgan fingerprint density at radius 2 is 1.73 bits per heavy atom. The minimum Gasteiger partial charge on any atom is -0.494 e. The Bertz CT molecular complexity index is 721. The van der Waals surface area contributed by atoms with Crippen molar-refractivity contribution >= 4 is 17.9 Å². The smallest absolute Gasteiger partial charge is 0.439 e. The van der Waals surface area contributed by atoms with Crippen molar-refractivity contribution in [2.45, 2.75) is 19.8 Å². The Morgan fingerprint density at radius 1 is 1.04 bits per heavy atom. The maximum atomic E-state index is 12.6. The zero-order valence-electron chi connectivity index (χ0n) is 14.8. The van der Waals surface area contributed by atoms with Crippen LogP contribution in [0.4, 0.5) is 15.3 Å². The van der Waals surface area contributed by atoms with Crippen LogP contribution in [0.25, 0.3) is 0 Å². The van der Waals surface area contributed by atoms with Crippen LogP contribution in [0.15, 0.2) is 54.6 Å². The monoisotopic (exact) mass is 358 g/mol. The Hall–Kier alpha value is -3.22. The molecule has 2 rings (SSSR count). The van der Waals surface area contributed by atoms with Gasteiger partial charge in [-0.3, -0.25) is 0 Å². The van der Waals surface area contributed by atoms with Crippen LogP contribution < -0.4 is 19.9 Å². The second kappa shape index (κ2) is 9.93. The van der Waals surface area contributed by atoms with E-state index in [1.165, 1.54) is 7.11 Å². The molecule has 0 radical (unpaired) electrons. The van der Waals surface area contributed by atoms with Gasteiger partial charge in [-0.15, -0.1) is 0 Å². The number of rotatable bonds is 6. The van der Waals surface area contributed by atoms with Gasteiger partial charge in [0.2, 0.25) is 0 Å². The number of para-hydroxylation sites is 3. The van der Waals surface area contributed by atoms with Crippen LogP contribution in [0.5, 0.6) is 11.5 Å². The zero-order chi connectivity index (χ0) is 18.8. The molecule has 26 heavy (non-hydrogen) atoms. The molecule has 0 atom stereocenters. The average Bonchev–Trinajstić information content (AvgIpc) is 2.67. The lowest BCUT2D eigenvalue weighted by Gasteiger charge is -2.23. The summed E-state index contributed by atoms with van der Waals surface area (Å²) in [7, 11) is 1.47. The highest BCUT2D eigenvalue weighted by Gasteiger charge is 2.24. The number of nitrogens with one attached hydrogen (secondary N) is 1. The van der Waals surface area contributed by atoms with Crippen molar-refractivity contribution in [2.24, 2.45) is 0 Å². The van der Waals surface area contributed by atoms with E-state index in [2.05, 4.69) is 5.43 Å². The van der Waals surface area contributed by atoms with Crippen LogP contribution in [0, 0.1) is 0 Å². The number of amides is 2. The zero-order valence-corrected chi connectivity index (χ0v) is 14.8. The highest BCUT2D eigenvalue weighted by Crippen LogP contribution is 2.27. The second-order valence-electron chi connectivity index (χ2n) is 5.29. The number of benzene rings is 2. The van der Waals surface area contributed by atoms with E-state index < -0.39 is 12.2 Å². The Balaban J connectivity index is 2.20. The third-order valence-corrected chi connectivity index (χ3v) is 3.39. The SMILES string of the molecule is CCCCOC(=O)NN(C(=O)Oc1ccccc1)c1ccccc1OC. The molecule has 0 aromatic heterocycles. The Labute approximate surface area is 152 Å². The van der Waals surface area contributed by atoms with Gasteiger partial charge in [0.05, 0.1) is 13.7 Å². The van der Waals surface area contributed by atoms with Crippen molar-refractivity contribution in [3.8, 4) is 11.5 Å². The molecule has 1 N–H and O–H groups in total. The van der Waals surface area contributed by atoms with E-state index in [0.717, 1.165) is 17.9 Å². The van der Waals surface area contributed by atoms with Crippen molar-refractivity contribution in [1.82, 2.24) is 5.43 Å². The lowest BCUT2D eigenvalue weighted by Crippen LogP contribution is -2.48. The third-order valence-electron chi connectivity index (χ3n) is 3.39. The minimum absolute atomic E-state index is 0.260. The summed E-state index contributed by atoms with van der Waals surface area (Å²) in [5, 5.41) is 0.958. The first-order chi connectivity index (χ1) is 12.7. The van der Waals surface area contributed by atoms with Gasteiger partial charge in [0.1, 0.15) is 17.2 Å². The second-order valence-corrected chi connectivity index (χ2v) is 5.29. The predicted octanol–water partition coefficient (Wildman–Crippen LogP) is 4.14. The highest BCUT2D eigenvalue weighted by molar-refractivity contribution is 5.93. The molecule has 0 spiro atoms. The first-order valence-corrected chi connectivity index (χ1v) is 8.29.